The van der Waals surface area contributed by atoms with Crippen molar-refractivity contribution >= 4 is 34.6 Å². The summed E-state index contributed by atoms with van der Waals surface area (Å²) in [6, 6.07) is 15.1. The van der Waals surface area contributed by atoms with E-state index >= 15 is 0 Å². The van der Waals surface area contributed by atoms with E-state index < -0.39 is 0 Å². The quantitative estimate of drug-likeness (QED) is 0.457. The van der Waals surface area contributed by atoms with Crippen molar-refractivity contribution in [2.75, 3.05) is 7.11 Å². The molecule has 1 heterocycles. The number of nitrogens with zero attached hydrogens (tertiary/aromatic N) is 2. The van der Waals surface area contributed by atoms with Crippen molar-refractivity contribution < 1.29 is 19.4 Å². The number of phenolic OH excluding ortho intramolecular Hbond substituents is 2. The molecule has 0 saturated heterocycles. The summed E-state index contributed by atoms with van der Waals surface area (Å²) in [5.74, 6) is 0.621. The Bertz CT molecular complexity index is 1200. The second kappa shape index (κ2) is 7.25. The van der Waals surface area contributed by atoms with Gasteiger partial charge in [0.25, 0.3) is 0 Å². The molecule has 0 fully saturated rings. The second-order valence-corrected chi connectivity index (χ2v) is 6.43. The number of fused-ring (bicyclic) bond motifs is 1. The molecular weight excluding hydrogens is 380 g/mol. The third-order valence-electron chi connectivity index (χ3n) is 4.16. The maximum absolute atomic E-state index is 10.4. The second-order valence-electron chi connectivity index (χ2n) is 5.99. The number of rotatable bonds is 4. The molecule has 0 spiro atoms. The predicted molar refractivity (Wildman–Crippen MR) is 108 cm³/mol. The Morgan fingerprint density at radius 1 is 1.11 bits per heavy atom. The Morgan fingerprint density at radius 3 is 2.75 bits per heavy atom. The number of hydrogen-bond acceptors (Lipinski definition) is 6. The first-order chi connectivity index (χ1) is 13.5. The number of para-hydroxylation sites is 1. The van der Waals surface area contributed by atoms with Gasteiger partial charge in [-0.05, 0) is 42.5 Å². The van der Waals surface area contributed by atoms with Crippen LogP contribution in [0, 0.1) is 0 Å². The largest absolute Gasteiger partial charge is 0.507 e. The van der Waals surface area contributed by atoms with Crippen LogP contribution in [0.25, 0.3) is 22.6 Å². The first-order valence-corrected chi connectivity index (χ1v) is 8.72. The van der Waals surface area contributed by atoms with Crippen LogP contribution in [0.4, 0.5) is 5.69 Å². The molecule has 140 valence electrons. The predicted octanol–water partition coefficient (Wildman–Crippen LogP) is 5.32. The summed E-state index contributed by atoms with van der Waals surface area (Å²) in [4.78, 5) is 8.66. The third-order valence-corrected chi connectivity index (χ3v) is 4.40. The van der Waals surface area contributed by atoms with E-state index in [-0.39, 0.29) is 17.4 Å². The summed E-state index contributed by atoms with van der Waals surface area (Å²) >= 11 is 5.97. The number of ether oxygens (including phenoxy) is 1. The van der Waals surface area contributed by atoms with Crippen LogP contribution in [0.15, 0.2) is 64.0 Å². The van der Waals surface area contributed by atoms with Gasteiger partial charge in [-0.1, -0.05) is 17.7 Å². The topological polar surface area (TPSA) is 88.1 Å². The van der Waals surface area contributed by atoms with Gasteiger partial charge in [0.1, 0.15) is 11.3 Å². The number of methoxy groups -OCH3 is 1. The molecule has 1 aromatic heterocycles. The molecule has 0 saturated carbocycles. The summed E-state index contributed by atoms with van der Waals surface area (Å²) in [6.45, 7) is 0. The van der Waals surface area contributed by atoms with E-state index in [4.69, 9.17) is 20.8 Å². The molecule has 0 unspecified atom stereocenters. The Morgan fingerprint density at radius 2 is 1.96 bits per heavy atom. The van der Waals surface area contributed by atoms with Crippen molar-refractivity contribution in [2.24, 2.45) is 4.99 Å². The molecule has 28 heavy (non-hydrogen) atoms. The molecule has 6 nitrogen and oxygen atoms in total. The van der Waals surface area contributed by atoms with Crippen LogP contribution < -0.4 is 4.74 Å². The summed E-state index contributed by atoms with van der Waals surface area (Å²) in [7, 11) is 1.48. The standard InChI is InChI=1S/C21H15ClN2O4/c1-27-19-4-2-3-12(20(19)26)11-23-14-6-7-15(17(25)10-14)21-24-16-9-13(22)5-8-18(16)28-21/h2-11,25-26H,1H3. The number of halogens is 1. The van der Waals surface area contributed by atoms with E-state index in [1.807, 2.05) is 0 Å². The highest BCUT2D eigenvalue weighted by atomic mass is 35.5. The average Bonchev–Trinajstić information content (AvgIpc) is 3.10. The van der Waals surface area contributed by atoms with E-state index in [2.05, 4.69) is 9.98 Å². The molecule has 4 rings (SSSR count). The smallest absolute Gasteiger partial charge is 0.231 e. The van der Waals surface area contributed by atoms with Gasteiger partial charge < -0.3 is 19.4 Å². The Balaban J connectivity index is 1.64. The van der Waals surface area contributed by atoms with Crippen LogP contribution in [0.5, 0.6) is 17.2 Å². The summed E-state index contributed by atoms with van der Waals surface area (Å²) < 4.78 is 10.8. The van der Waals surface area contributed by atoms with E-state index in [1.54, 1.807) is 48.5 Å². The van der Waals surface area contributed by atoms with Crippen LogP contribution >= 0.6 is 11.6 Å². The highest BCUT2D eigenvalue weighted by Gasteiger charge is 2.13. The maximum Gasteiger partial charge on any atom is 0.231 e. The summed E-state index contributed by atoms with van der Waals surface area (Å²) in [6.07, 6.45) is 1.49. The number of aromatic nitrogens is 1. The van der Waals surface area contributed by atoms with Crippen molar-refractivity contribution in [1.29, 1.82) is 0 Å². The number of hydrogen-bond donors (Lipinski definition) is 2. The molecule has 0 bridgehead atoms. The highest BCUT2D eigenvalue weighted by Crippen LogP contribution is 2.35. The van der Waals surface area contributed by atoms with Gasteiger partial charge in [-0.2, -0.15) is 0 Å². The van der Waals surface area contributed by atoms with Crippen molar-refractivity contribution in [3.63, 3.8) is 0 Å². The van der Waals surface area contributed by atoms with Crippen LogP contribution in [0.3, 0.4) is 0 Å². The van der Waals surface area contributed by atoms with Crippen LogP contribution in [-0.2, 0) is 0 Å². The van der Waals surface area contributed by atoms with Crippen LogP contribution in [-0.4, -0.2) is 28.5 Å². The zero-order valence-corrected chi connectivity index (χ0v) is 15.5. The summed E-state index contributed by atoms with van der Waals surface area (Å²) in [5, 5.41) is 21.1. The number of oxazole rings is 1. The van der Waals surface area contributed by atoms with Crippen molar-refractivity contribution in [3.05, 3.63) is 65.2 Å². The van der Waals surface area contributed by atoms with Gasteiger partial charge in [0.2, 0.25) is 5.89 Å². The van der Waals surface area contributed by atoms with Gasteiger partial charge in [0.05, 0.1) is 18.4 Å². The van der Waals surface area contributed by atoms with Crippen molar-refractivity contribution in [3.8, 4) is 28.7 Å². The van der Waals surface area contributed by atoms with Crippen molar-refractivity contribution in [2.45, 2.75) is 0 Å². The number of aromatic hydroxyl groups is 2. The zero-order chi connectivity index (χ0) is 19.7. The maximum atomic E-state index is 10.4. The van der Waals surface area contributed by atoms with E-state index in [1.165, 1.54) is 19.4 Å². The molecular formula is C21H15ClN2O4. The lowest BCUT2D eigenvalue weighted by Gasteiger charge is -2.05. The normalized spacial score (nSPS) is 11.4. The Kier molecular flexibility index (Phi) is 4.63. The minimum Gasteiger partial charge on any atom is -0.507 e. The first kappa shape index (κ1) is 17.9. The lowest BCUT2D eigenvalue weighted by molar-refractivity contribution is 0.373. The van der Waals surface area contributed by atoms with E-state index in [0.717, 1.165) is 0 Å². The molecule has 3 aromatic carbocycles. The number of benzene rings is 3. The lowest BCUT2D eigenvalue weighted by atomic mass is 10.1. The fraction of sp³-hybridized carbons (Fsp3) is 0.0476. The van der Waals surface area contributed by atoms with Crippen LogP contribution in [0.1, 0.15) is 5.56 Å². The fourth-order valence-electron chi connectivity index (χ4n) is 2.75. The van der Waals surface area contributed by atoms with Crippen LogP contribution in [0.2, 0.25) is 5.02 Å². The fourth-order valence-corrected chi connectivity index (χ4v) is 2.92. The van der Waals surface area contributed by atoms with Gasteiger partial charge >= 0.3 is 0 Å². The molecule has 2 N–H and O–H groups in total. The highest BCUT2D eigenvalue weighted by molar-refractivity contribution is 6.31. The van der Waals surface area contributed by atoms with E-state index in [9.17, 15) is 10.2 Å². The summed E-state index contributed by atoms with van der Waals surface area (Å²) in [5.41, 5.74) is 2.63. The monoisotopic (exact) mass is 394 g/mol. The van der Waals surface area contributed by atoms with Gasteiger partial charge in [-0.3, -0.25) is 4.99 Å². The van der Waals surface area contributed by atoms with Gasteiger partial charge in [0.15, 0.2) is 17.1 Å². The van der Waals surface area contributed by atoms with Gasteiger partial charge in [-0.15, -0.1) is 0 Å². The molecule has 0 aliphatic carbocycles. The molecule has 7 heteroatoms. The average molecular weight is 395 g/mol. The molecule has 0 aliphatic rings. The third kappa shape index (κ3) is 3.37. The Hall–Kier alpha value is -3.51. The molecule has 0 atom stereocenters. The first-order valence-electron chi connectivity index (χ1n) is 8.34. The molecule has 0 radical (unpaired) electrons. The molecule has 4 aromatic rings. The number of aliphatic imine (C=N–C) groups is 1. The minimum absolute atomic E-state index is 0.000251. The van der Waals surface area contributed by atoms with Crippen molar-refractivity contribution in [1.82, 2.24) is 4.98 Å². The van der Waals surface area contributed by atoms with Gasteiger partial charge in [-0.25, -0.2) is 4.98 Å². The Labute approximate surface area is 165 Å². The molecule has 0 aliphatic heterocycles. The van der Waals surface area contributed by atoms with E-state index in [0.29, 0.717) is 38.7 Å². The zero-order valence-electron chi connectivity index (χ0n) is 14.8. The SMILES string of the molecule is COc1cccc(C=Nc2ccc(-c3nc4cc(Cl)ccc4o3)c(O)c2)c1O. The van der Waals surface area contributed by atoms with Gasteiger partial charge in [0, 0.05) is 22.9 Å². The molecule has 0 amide bonds. The lowest BCUT2D eigenvalue weighted by Crippen LogP contribution is -1.88. The number of phenols is 2. The minimum atomic E-state index is -0.0258.